The molecule has 0 aliphatic rings. The van der Waals surface area contributed by atoms with Gasteiger partial charge in [0, 0.05) is 15.2 Å². The van der Waals surface area contributed by atoms with E-state index in [0.29, 0.717) is 5.76 Å². The highest BCUT2D eigenvalue weighted by Gasteiger charge is 2.03. The van der Waals surface area contributed by atoms with Crippen LogP contribution in [-0.2, 0) is 6.61 Å². The molecule has 0 radical (unpaired) electrons. The first-order valence-corrected chi connectivity index (χ1v) is 4.37. The molecule has 2 aromatic rings. The second-order valence-electron chi connectivity index (χ2n) is 2.55. The van der Waals surface area contributed by atoms with E-state index in [1.165, 1.54) is 0 Å². The van der Waals surface area contributed by atoms with Crippen LogP contribution in [0.4, 0.5) is 0 Å². The van der Waals surface area contributed by atoms with Crippen LogP contribution in [0.25, 0.3) is 10.8 Å². The van der Waals surface area contributed by atoms with Crippen molar-refractivity contribution < 1.29 is 9.52 Å². The van der Waals surface area contributed by atoms with Crippen molar-refractivity contribution in [2.24, 2.45) is 0 Å². The molecular weight excluding hydrogens is 220 g/mol. The zero-order chi connectivity index (χ0) is 8.55. The first-order chi connectivity index (χ1) is 5.81. The lowest BCUT2D eigenvalue weighted by molar-refractivity contribution is 0.249. The number of benzene rings is 1. The summed E-state index contributed by atoms with van der Waals surface area (Å²) in [6, 6.07) is 5.81. The van der Waals surface area contributed by atoms with Crippen LogP contribution in [0.5, 0.6) is 0 Å². The van der Waals surface area contributed by atoms with Crippen molar-refractivity contribution in [1.82, 2.24) is 0 Å². The molecule has 0 unspecified atom stereocenters. The van der Waals surface area contributed by atoms with Gasteiger partial charge >= 0.3 is 0 Å². The Kier molecular flexibility index (Phi) is 1.90. The van der Waals surface area contributed by atoms with Crippen molar-refractivity contribution in [3.05, 3.63) is 34.7 Å². The Morgan fingerprint density at radius 1 is 1.42 bits per heavy atom. The SMILES string of the molecule is OCc1occ2cc(Br)ccc12. The van der Waals surface area contributed by atoms with Gasteiger partial charge in [0.1, 0.15) is 12.4 Å². The van der Waals surface area contributed by atoms with Crippen molar-refractivity contribution in [2.75, 3.05) is 0 Å². The largest absolute Gasteiger partial charge is 0.466 e. The van der Waals surface area contributed by atoms with Gasteiger partial charge in [0.15, 0.2) is 0 Å². The molecule has 1 heterocycles. The predicted molar refractivity (Wildman–Crippen MR) is 49.8 cm³/mol. The van der Waals surface area contributed by atoms with Crippen LogP contribution in [0, 0.1) is 0 Å². The smallest absolute Gasteiger partial charge is 0.136 e. The second kappa shape index (κ2) is 2.92. The average Bonchev–Trinajstić information content (AvgIpc) is 2.46. The number of rotatable bonds is 1. The molecule has 0 bridgehead atoms. The number of hydrogen-bond acceptors (Lipinski definition) is 2. The molecular formula is C9H7BrO2. The minimum atomic E-state index is -0.0505. The van der Waals surface area contributed by atoms with E-state index in [9.17, 15) is 0 Å². The van der Waals surface area contributed by atoms with Gasteiger partial charge in [0.05, 0.1) is 6.26 Å². The molecule has 1 N–H and O–H groups in total. The molecule has 2 rings (SSSR count). The highest BCUT2D eigenvalue weighted by atomic mass is 79.9. The molecule has 1 aromatic carbocycles. The zero-order valence-corrected chi connectivity index (χ0v) is 7.84. The highest BCUT2D eigenvalue weighted by Crippen LogP contribution is 2.24. The Labute approximate surface area is 77.9 Å². The summed E-state index contributed by atoms with van der Waals surface area (Å²) in [6.07, 6.45) is 1.64. The maximum atomic E-state index is 8.89. The number of furan rings is 1. The van der Waals surface area contributed by atoms with Gasteiger partial charge in [-0.1, -0.05) is 15.9 Å². The van der Waals surface area contributed by atoms with E-state index in [1.807, 2.05) is 18.2 Å². The van der Waals surface area contributed by atoms with Gasteiger partial charge < -0.3 is 9.52 Å². The van der Waals surface area contributed by atoms with E-state index < -0.39 is 0 Å². The quantitative estimate of drug-likeness (QED) is 0.812. The minimum absolute atomic E-state index is 0.0505. The fourth-order valence-electron chi connectivity index (χ4n) is 1.21. The van der Waals surface area contributed by atoms with E-state index >= 15 is 0 Å². The molecule has 0 saturated heterocycles. The third kappa shape index (κ3) is 1.15. The first kappa shape index (κ1) is 7.83. The number of hydrogen-bond donors (Lipinski definition) is 1. The van der Waals surface area contributed by atoms with E-state index in [0.717, 1.165) is 15.2 Å². The van der Waals surface area contributed by atoms with Crippen molar-refractivity contribution in [3.63, 3.8) is 0 Å². The van der Waals surface area contributed by atoms with Crippen molar-refractivity contribution in [1.29, 1.82) is 0 Å². The summed E-state index contributed by atoms with van der Waals surface area (Å²) >= 11 is 3.36. The fourth-order valence-corrected chi connectivity index (χ4v) is 1.58. The lowest BCUT2D eigenvalue weighted by Gasteiger charge is -1.91. The summed E-state index contributed by atoms with van der Waals surface area (Å²) < 4.78 is 6.16. The molecule has 0 fully saturated rings. The Morgan fingerprint density at radius 2 is 2.25 bits per heavy atom. The summed E-state index contributed by atoms with van der Waals surface area (Å²) in [5.74, 6) is 0.623. The van der Waals surface area contributed by atoms with Crippen LogP contribution >= 0.6 is 15.9 Å². The molecule has 0 aliphatic heterocycles. The van der Waals surface area contributed by atoms with Crippen LogP contribution in [-0.4, -0.2) is 5.11 Å². The first-order valence-electron chi connectivity index (χ1n) is 3.58. The van der Waals surface area contributed by atoms with Gasteiger partial charge in [0.25, 0.3) is 0 Å². The molecule has 1 aromatic heterocycles. The molecule has 12 heavy (non-hydrogen) atoms. The standard InChI is InChI=1S/C9H7BrO2/c10-7-1-2-8-6(3-7)5-12-9(8)4-11/h1-3,5,11H,4H2. The molecule has 62 valence electrons. The number of halogens is 1. The van der Waals surface area contributed by atoms with Gasteiger partial charge in [0.2, 0.25) is 0 Å². The lowest BCUT2D eigenvalue weighted by Crippen LogP contribution is -1.77. The molecule has 0 aliphatic carbocycles. The molecule has 2 nitrogen and oxygen atoms in total. The van der Waals surface area contributed by atoms with E-state index in [-0.39, 0.29) is 6.61 Å². The van der Waals surface area contributed by atoms with Gasteiger partial charge in [-0.3, -0.25) is 0 Å². The second-order valence-corrected chi connectivity index (χ2v) is 3.46. The minimum Gasteiger partial charge on any atom is -0.466 e. The van der Waals surface area contributed by atoms with Crippen LogP contribution in [0.15, 0.2) is 33.4 Å². The summed E-state index contributed by atoms with van der Waals surface area (Å²) in [7, 11) is 0. The number of aliphatic hydroxyl groups excluding tert-OH is 1. The third-order valence-corrected chi connectivity index (χ3v) is 2.28. The van der Waals surface area contributed by atoms with Crippen molar-refractivity contribution in [3.8, 4) is 0 Å². The lowest BCUT2D eigenvalue weighted by atomic mass is 10.2. The van der Waals surface area contributed by atoms with E-state index in [2.05, 4.69) is 15.9 Å². The van der Waals surface area contributed by atoms with Crippen LogP contribution < -0.4 is 0 Å². The Bertz CT molecular complexity index is 406. The van der Waals surface area contributed by atoms with Crippen molar-refractivity contribution >= 4 is 26.7 Å². The van der Waals surface area contributed by atoms with Crippen LogP contribution in [0.1, 0.15) is 5.76 Å². The maximum absolute atomic E-state index is 8.89. The number of fused-ring (bicyclic) bond motifs is 1. The predicted octanol–water partition coefficient (Wildman–Crippen LogP) is 2.69. The Hall–Kier alpha value is -0.800. The van der Waals surface area contributed by atoms with Gasteiger partial charge in [-0.15, -0.1) is 0 Å². The monoisotopic (exact) mass is 226 g/mol. The topological polar surface area (TPSA) is 33.4 Å². The molecule has 0 amide bonds. The van der Waals surface area contributed by atoms with E-state index in [1.54, 1.807) is 6.26 Å². The van der Waals surface area contributed by atoms with Crippen molar-refractivity contribution in [2.45, 2.75) is 6.61 Å². The van der Waals surface area contributed by atoms with Gasteiger partial charge in [-0.25, -0.2) is 0 Å². The molecule has 0 atom stereocenters. The number of aliphatic hydroxyl groups is 1. The van der Waals surface area contributed by atoms with Crippen LogP contribution in [0.2, 0.25) is 0 Å². The molecule has 3 heteroatoms. The average molecular weight is 227 g/mol. The van der Waals surface area contributed by atoms with Crippen LogP contribution in [0.3, 0.4) is 0 Å². The summed E-state index contributed by atoms with van der Waals surface area (Å²) in [6.45, 7) is -0.0505. The zero-order valence-electron chi connectivity index (χ0n) is 6.25. The summed E-state index contributed by atoms with van der Waals surface area (Å²) in [4.78, 5) is 0. The van der Waals surface area contributed by atoms with Gasteiger partial charge in [-0.2, -0.15) is 0 Å². The third-order valence-electron chi connectivity index (χ3n) is 1.79. The summed E-state index contributed by atoms with van der Waals surface area (Å²) in [5.41, 5.74) is 0. The fraction of sp³-hybridized carbons (Fsp3) is 0.111. The maximum Gasteiger partial charge on any atom is 0.136 e. The highest BCUT2D eigenvalue weighted by molar-refractivity contribution is 9.10. The Morgan fingerprint density at radius 3 is 3.00 bits per heavy atom. The summed E-state index contributed by atoms with van der Waals surface area (Å²) in [5, 5.41) is 10.9. The normalized spacial score (nSPS) is 10.8. The molecule has 0 saturated carbocycles. The Balaban J connectivity index is 2.73. The van der Waals surface area contributed by atoms with Gasteiger partial charge in [-0.05, 0) is 18.2 Å². The molecule has 0 spiro atoms. The van der Waals surface area contributed by atoms with E-state index in [4.69, 9.17) is 9.52 Å².